The van der Waals surface area contributed by atoms with Crippen molar-refractivity contribution in [1.29, 1.82) is 0 Å². The Bertz CT molecular complexity index is 562. The highest BCUT2D eigenvalue weighted by Gasteiger charge is 2.36. The number of hydrogen-bond acceptors (Lipinski definition) is 5. The molecule has 25 heavy (non-hydrogen) atoms. The van der Waals surface area contributed by atoms with E-state index in [1.807, 2.05) is 18.2 Å². The molecule has 6 nitrogen and oxygen atoms in total. The van der Waals surface area contributed by atoms with Gasteiger partial charge in [-0.25, -0.2) is 4.98 Å². The van der Waals surface area contributed by atoms with Gasteiger partial charge in [0.05, 0.1) is 12.1 Å². The molecular formula is C19H29N3O3. The Labute approximate surface area is 149 Å². The Morgan fingerprint density at radius 1 is 1.44 bits per heavy atom. The van der Waals surface area contributed by atoms with Crippen LogP contribution >= 0.6 is 0 Å². The molecular weight excluding hydrogens is 318 g/mol. The van der Waals surface area contributed by atoms with E-state index in [0.29, 0.717) is 31.8 Å². The van der Waals surface area contributed by atoms with Gasteiger partial charge in [-0.2, -0.15) is 0 Å². The first-order chi connectivity index (χ1) is 12.1. The zero-order chi connectivity index (χ0) is 17.7. The predicted octanol–water partition coefficient (Wildman–Crippen LogP) is 1.69. The number of aliphatic hydroxyl groups is 1. The van der Waals surface area contributed by atoms with Crippen molar-refractivity contribution in [1.82, 2.24) is 9.88 Å². The SMILES string of the molecule is CN(C[C@@]1(O)CCCN(c2ccccn2)C1)C(=O)CC1CCOCC1. The van der Waals surface area contributed by atoms with Gasteiger partial charge in [-0.05, 0) is 43.7 Å². The maximum atomic E-state index is 12.5. The third-order valence-electron chi connectivity index (χ3n) is 5.29. The molecule has 0 aromatic carbocycles. The average Bonchev–Trinajstić information content (AvgIpc) is 2.63. The van der Waals surface area contributed by atoms with Gasteiger partial charge < -0.3 is 19.6 Å². The van der Waals surface area contributed by atoms with Crippen LogP contribution in [0.2, 0.25) is 0 Å². The number of carbonyl (C=O) groups excluding carboxylic acids is 1. The van der Waals surface area contributed by atoms with Gasteiger partial charge in [0, 0.05) is 46.0 Å². The number of pyridine rings is 1. The molecule has 0 radical (unpaired) electrons. The quantitative estimate of drug-likeness (QED) is 0.878. The molecule has 0 saturated carbocycles. The molecule has 0 bridgehead atoms. The molecule has 3 heterocycles. The Balaban J connectivity index is 1.55. The molecule has 2 aliphatic heterocycles. The predicted molar refractivity (Wildman–Crippen MR) is 96.4 cm³/mol. The monoisotopic (exact) mass is 347 g/mol. The third-order valence-corrected chi connectivity index (χ3v) is 5.29. The summed E-state index contributed by atoms with van der Waals surface area (Å²) < 4.78 is 5.36. The Kier molecular flexibility index (Phi) is 5.91. The molecule has 1 aromatic heterocycles. The normalized spacial score (nSPS) is 25.0. The molecule has 6 heteroatoms. The van der Waals surface area contributed by atoms with E-state index < -0.39 is 5.60 Å². The molecule has 0 spiro atoms. The van der Waals surface area contributed by atoms with Crippen molar-refractivity contribution < 1.29 is 14.6 Å². The maximum Gasteiger partial charge on any atom is 0.222 e. The zero-order valence-electron chi connectivity index (χ0n) is 15.1. The summed E-state index contributed by atoms with van der Waals surface area (Å²) in [5.74, 6) is 1.42. The highest BCUT2D eigenvalue weighted by Crippen LogP contribution is 2.26. The summed E-state index contributed by atoms with van der Waals surface area (Å²) in [6, 6.07) is 5.81. The number of ether oxygens (including phenoxy) is 1. The second-order valence-electron chi connectivity index (χ2n) is 7.45. The van der Waals surface area contributed by atoms with Crippen molar-refractivity contribution in [2.24, 2.45) is 5.92 Å². The largest absolute Gasteiger partial charge is 0.386 e. The van der Waals surface area contributed by atoms with Gasteiger partial charge >= 0.3 is 0 Å². The number of carbonyl (C=O) groups is 1. The van der Waals surface area contributed by atoms with Crippen LogP contribution in [-0.2, 0) is 9.53 Å². The van der Waals surface area contributed by atoms with E-state index in [0.717, 1.165) is 44.8 Å². The van der Waals surface area contributed by atoms with Crippen LogP contribution in [0.15, 0.2) is 24.4 Å². The Morgan fingerprint density at radius 2 is 2.24 bits per heavy atom. The standard InChI is InChI=1S/C19H29N3O3/c1-21(18(23)13-16-6-11-25-12-7-16)14-19(24)8-4-10-22(15-19)17-5-2-3-9-20-17/h2-3,5,9,16,24H,4,6-8,10-15H2,1H3/t19-/m0/s1. The lowest BCUT2D eigenvalue weighted by molar-refractivity contribution is -0.135. The molecule has 138 valence electrons. The molecule has 2 saturated heterocycles. The smallest absolute Gasteiger partial charge is 0.222 e. The highest BCUT2D eigenvalue weighted by molar-refractivity contribution is 5.76. The summed E-state index contributed by atoms with van der Waals surface area (Å²) in [4.78, 5) is 20.7. The number of anilines is 1. The van der Waals surface area contributed by atoms with E-state index in [1.165, 1.54) is 0 Å². The Morgan fingerprint density at radius 3 is 2.96 bits per heavy atom. The molecule has 3 rings (SSSR count). The average molecular weight is 347 g/mol. The first-order valence-electron chi connectivity index (χ1n) is 9.26. The van der Waals surface area contributed by atoms with Gasteiger partial charge in [0.25, 0.3) is 0 Å². The van der Waals surface area contributed by atoms with Crippen molar-refractivity contribution in [3.63, 3.8) is 0 Å². The van der Waals surface area contributed by atoms with Gasteiger partial charge in [0.15, 0.2) is 0 Å². The first kappa shape index (κ1) is 18.1. The Hall–Kier alpha value is -1.66. The fourth-order valence-corrected chi connectivity index (χ4v) is 3.86. The molecule has 1 aromatic rings. The van der Waals surface area contributed by atoms with Crippen LogP contribution < -0.4 is 4.90 Å². The molecule has 2 aliphatic rings. The summed E-state index contributed by atoms with van der Waals surface area (Å²) in [6.45, 7) is 3.28. The fourth-order valence-electron chi connectivity index (χ4n) is 3.86. The minimum absolute atomic E-state index is 0.121. The van der Waals surface area contributed by atoms with E-state index in [-0.39, 0.29) is 5.91 Å². The number of likely N-dealkylation sites (N-methyl/N-ethyl adjacent to an activating group) is 1. The van der Waals surface area contributed by atoms with E-state index in [9.17, 15) is 9.90 Å². The lowest BCUT2D eigenvalue weighted by Gasteiger charge is -2.41. The van der Waals surface area contributed by atoms with Crippen LogP contribution in [0.1, 0.15) is 32.1 Å². The van der Waals surface area contributed by atoms with E-state index in [1.54, 1.807) is 18.1 Å². The minimum Gasteiger partial charge on any atom is -0.386 e. The second kappa shape index (κ2) is 8.15. The maximum absolute atomic E-state index is 12.5. The van der Waals surface area contributed by atoms with Gasteiger partial charge in [-0.1, -0.05) is 6.07 Å². The lowest BCUT2D eigenvalue weighted by Crippen LogP contribution is -2.55. The summed E-state index contributed by atoms with van der Waals surface area (Å²) in [6.07, 6.45) is 5.85. The summed E-state index contributed by atoms with van der Waals surface area (Å²) >= 11 is 0. The van der Waals surface area contributed by atoms with E-state index in [2.05, 4.69) is 9.88 Å². The van der Waals surface area contributed by atoms with Crippen LogP contribution in [0.5, 0.6) is 0 Å². The number of hydrogen-bond donors (Lipinski definition) is 1. The molecule has 0 aliphatic carbocycles. The molecule has 1 N–H and O–H groups in total. The summed E-state index contributed by atoms with van der Waals surface area (Å²) in [5, 5.41) is 11.0. The van der Waals surface area contributed by atoms with Crippen molar-refractivity contribution in [2.75, 3.05) is 44.8 Å². The number of nitrogens with zero attached hydrogens (tertiary/aromatic N) is 3. The van der Waals surface area contributed by atoms with Crippen LogP contribution in [0, 0.1) is 5.92 Å². The second-order valence-corrected chi connectivity index (χ2v) is 7.45. The molecule has 0 unspecified atom stereocenters. The number of β-amino-alcohol motifs (C(OH)–C–C–N with tert-alkyl or cyclic N) is 1. The number of amides is 1. The van der Waals surface area contributed by atoms with Crippen LogP contribution in [-0.4, -0.2) is 66.4 Å². The zero-order valence-corrected chi connectivity index (χ0v) is 15.1. The van der Waals surface area contributed by atoms with Crippen LogP contribution in [0.25, 0.3) is 0 Å². The first-order valence-corrected chi connectivity index (χ1v) is 9.26. The number of piperidine rings is 1. The van der Waals surface area contributed by atoms with Crippen molar-refractivity contribution in [3.05, 3.63) is 24.4 Å². The minimum atomic E-state index is -0.879. The molecule has 1 amide bonds. The van der Waals surface area contributed by atoms with E-state index >= 15 is 0 Å². The lowest BCUT2D eigenvalue weighted by atomic mass is 9.91. The van der Waals surface area contributed by atoms with Gasteiger partial charge in [-0.3, -0.25) is 4.79 Å². The molecule has 1 atom stereocenters. The summed E-state index contributed by atoms with van der Waals surface area (Å²) in [5.41, 5.74) is -0.879. The van der Waals surface area contributed by atoms with E-state index in [4.69, 9.17) is 4.74 Å². The summed E-state index contributed by atoms with van der Waals surface area (Å²) in [7, 11) is 1.80. The fraction of sp³-hybridized carbons (Fsp3) is 0.684. The van der Waals surface area contributed by atoms with Crippen molar-refractivity contribution in [2.45, 2.75) is 37.7 Å². The topological polar surface area (TPSA) is 65.9 Å². The third kappa shape index (κ3) is 4.92. The highest BCUT2D eigenvalue weighted by atomic mass is 16.5. The van der Waals surface area contributed by atoms with Crippen LogP contribution in [0.4, 0.5) is 5.82 Å². The van der Waals surface area contributed by atoms with Gasteiger partial charge in [0.2, 0.25) is 5.91 Å². The molecule has 2 fully saturated rings. The van der Waals surface area contributed by atoms with Gasteiger partial charge in [-0.15, -0.1) is 0 Å². The van der Waals surface area contributed by atoms with Crippen molar-refractivity contribution >= 4 is 11.7 Å². The van der Waals surface area contributed by atoms with Crippen LogP contribution in [0.3, 0.4) is 0 Å². The number of rotatable bonds is 5. The van der Waals surface area contributed by atoms with Gasteiger partial charge in [0.1, 0.15) is 5.82 Å². The number of aromatic nitrogens is 1. The van der Waals surface area contributed by atoms with Crippen molar-refractivity contribution in [3.8, 4) is 0 Å².